The molecule has 1 aromatic rings. The van der Waals surface area contributed by atoms with Crippen molar-refractivity contribution in [3.8, 4) is 0 Å². The Balaban J connectivity index is 2.10. The molecule has 2 nitrogen and oxygen atoms in total. The van der Waals surface area contributed by atoms with Crippen LogP contribution in [0.1, 0.15) is 49.4 Å². The SMILES string of the molecule is CNC(CN(CC(C)C)C1CC1)c1cc(C)cc(C)c1. The van der Waals surface area contributed by atoms with Crippen molar-refractivity contribution in [2.75, 3.05) is 20.1 Å². The number of hydrogen-bond acceptors (Lipinski definition) is 2. The van der Waals surface area contributed by atoms with E-state index in [9.17, 15) is 0 Å². The largest absolute Gasteiger partial charge is 0.312 e. The van der Waals surface area contributed by atoms with E-state index in [2.05, 4.69) is 63.2 Å². The average molecular weight is 274 g/mol. The Hall–Kier alpha value is -0.860. The fourth-order valence-corrected chi connectivity index (χ4v) is 3.09. The van der Waals surface area contributed by atoms with Crippen LogP contribution in [0, 0.1) is 19.8 Å². The van der Waals surface area contributed by atoms with E-state index in [1.165, 1.54) is 36.1 Å². The fourth-order valence-electron chi connectivity index (χ4n) is 3.09. The molecule has 1 aromatic carbocycles. The molecule has 1 fully saturated rings. The second kappa shape index (κ2) is 6.73. The highest BCUT2D eigenvalue weighted by Crippen LogP contribution is 2.29. The van der Waals surface area contributed by atoms with Crippen LogP contribution in [0.3, 0.4) is 0 Å². The molecule has 1 atom stereocenters. The molecule has 0 aromatic heterocycles. The molecule has 0 saturated heterocycles. The first-order chi connectivity index (χ1) is 9.49. The Labute approximate surface area is 124 Å². The van der Waals surface area contributed by atoms with E-state index in [4.69, 9.17) is 0 Å². The van der Waals surface area contributed by atoms with E-state index < -0.39 is 0 Å². The molecule has 0 spiro atoms. The zero-order valence-electron chi connectivity index (χ0n) is 13.7. The predicted molar refractivity (Wildman–Crippen MR) is 87.1 cm³/mol. The molecule has 0 heterocycles. The molecule has 1 N–H and O–H groups in total. The number of benzene rings is 1. The molecule has 0 amide bonds. The molecular formula is C18H30N2. The van der Waals surface area contributed by atoms with Crippen molar-refractivity contribution in [1.82, 2.24) is 10.2 Å². The molecular weight excluding hydrogens is 244 g/mol. The first kappa shape index (κ1) is 15.5. The summed E-state index contributed by atoms with van der Waals surface area (Å²) in [6, 6.07) is 8.18. The van der Waals surface area contributed by atoms with Crippen LogP contribution >= 0.6 is 0 Å². The second-order valence-corrected chi connectivity index (χ2v) is 6.84. The van der Waals surface area contributed by atoms with Gasteiger partial charge in [0.15, 0.2) is 0 Å². The molecule has 0 aliphatic heterocycles. The molecule has 2 heteroatoms. The van der Waals surface area contributed by atoms with Gasteiger partial charge in [0.1, 0.15) is 0 Å². The van der Waals surface area contributed by atoms with Crippen LogP contribution in [0.25, 0.3) is 0 Å². The number of hydrogen-bond donors (Lipinski definition) is 1. The van der Waals surface area contributed by atoms with Crippen LogP contribution in [0.5, 0.6) is 0 Å². The van der Waals surface area contributed by atoms with Gasteiger partial charge in [-0.25, -0.2) is 0 Å². The standard InChI is InChI=1S/C18H30N2/c1-13(2)11-20(17-6-7-17)12-18(19-5)16-9-14(3)8-15(4)10-16/h8-10,13,17-19H,6-7,11-12H2,1-5H3. The summed E-state index contributed by atoms with van der Waals surface area (Å²) in [5.74, 6) is 0.743. The third-order valence-corrected chi connectivity index (χ3v) is 4.07. The van der Waals surface area contributed by atoms with Crippen LogP contribution < -0.4 is 5.32 Å². The maximum atomic E-state index is 3.52. The van der Waals surface area contributed by atoms with Gasteiger partial charge in [0.05, 0.1) is 0 Å². The van der Waals surface area contributed by atoms with Gasteiger partial charge in [-0.05, 0) is 45.2 Å². The third-order valence-electron chi connectivity index (χ3n) is 4.07. The first-order valence-electron chi connectivity index (χ1n) is 7.99. The molecule has 1 saturated carbocycles. The topological polar surface area (TPSA) is 15.3 Å². The highest BCUT2D eigenvalue weighted by Gasteiger charge is 2.30. The molecule has 20 heavy (non-hydrogen) atoms. The minimum Gasteiger partial charge on any atom is -0.312 e. The van der Waals surface area contributed by atoms with Crippen LogP contribution in [-0.2, 0) is 0 Å². The van der Waals surface area contributed by atoms with E-state index in [0.29, 0.717) is 6.04 Å². The minimum atomic E-state index is 0.438. The summed E-state index contributed by atoms with van der Waals surface area (Å²) in [6.45, 7) is 11.4. The Morgan fingerprint density at radius 1 is 1.10 bits per heavy atom. The Morgan fingerprint density at radius 2 is 1.70 bits per heavy atom. The molecule has 112 valence electrons. The number of likely N-dealkylation sites (N-methyl/N-ethyl adjacent to an activating group) is 1. The highest BCUT2D eigenvalue weighted by atomic mass is 15.2. The maximum absolute atomic E-state index is 3.52. The molecule has 0 radical (unpaired) electrons. The summed E-state index contributed by atoms with van der Waals surface area (Å²) in [4.78, 5) is 2.68. The van der Waals surface area contributed by atoms with Crippen LogP contribution in [-0.4, -0.2) is 31.1 Å². The monoisotopic (exact) mass is 274 g/mol. The van der Waals surface area contributed by atoms with Gasteiger partial charge in [-0.3, -0.25) is 4.90 Å². The zero-order valence-corrected chi connectivity index (χ0v) is 13.7. The third kappa shape index (κ3) is 4.32. The van der Waals surface area contributed by atoms with Crippen LogP contribution in [0.4, 0.5) is 0 Å². The summed E-state index contributed by atoms with van der Waals surface area (Å²) in [7, 11) is 2.09. The summed E-state index contributed by atoms with van der Waals surface area (Å²) in [5.41, 5.74) is 4.16. The van der Waals surface area contributed by atoms with Gasteiger partial charge < -0.3 is 5.32 Å². The molecule has 1 aliphatic carbocycles. The van der Waals surface area contributed by atoms with E-state index in [1.54, 1.807) is 0 Å². The lowest BCUT2D eigenvalue weighted by molar-refractivity contribution is 0.212. The summed E-state index contributed by atoms with van der Waals surface area (Å²) in [5, 5.41) is 3.52. The van der Waals surface area contributed by atoms with Gasteiger partial charge in [0.2, 0.25) is 0 Å². The van der Waals surface area contributed by atoms with E-state index >= 15 is 0 Å². The lowest BCUT2D eigenvalue weighted by Gasteiger charge is -2.29. The molecule has 1 unspecified atom stereocenters. The molecule has 2 rings (SSSR count). The Morgan fingerprint density at radius 3 is 2.15 bits per heavy atom. The van der Waals surface area contributed by atoms with E-state index in [0.717, 1.165) is 18.5 Å². The van der Waals surface area contributed by atoms with Crippen molar-refractivity contribution in [3.05, 3.63) is 34.9 Å². The summed E-state index contributed by atoms with van der Waals surface area (Å²) >= 11 is 0. The van der Waals surface area contributed by atoms with Crippen LogP contribution in [0.2, 0.25) is 0 Å². The minimum absolute atomic E-state index is 0.438. The maximum Gasteiger partial charge on any atom is 0.0447 e. The van der Waals surface area contributed by atoms with Gasteiger partial charge >= 0.3 is 0 Å². The Kier molecular flexibility index (Phi) is 5.22. The number of nitrogens with one attached hydrogen (secondary N) is 1. The number of nitrogens with zero attached hydrogens (tertiary/aromatic N) is 1. The quantitative estimate of drug-likeness (QED) is 0.816. The van der Waals surface area contributed by atoms with Gasteiger partial charge in [0, 0.05) is 25.2 Å². The second-order valence-electron chi connectivity index (χ2n) is 6.84. The van der Waals surface area contributed by atoms with Crippen molar-refractivity contribution in [1.29, 1.82) is 0 Å². The van der Waals surface area contributed by atoms with Crippen molar-refractivity contribution < 1.29 is 0 Å². The van der Waals surface area contributed by atoms with Crippen molar-refractivity contribution in [2.45, 2.75) is 52.6 Å². The Bertz CT molecular complexity index is 415. The number of rotatable bonds is 7. The number of aryl methyl sites for hydroxylation is 2. The van der Waals surface area contributed by atoms with Crippen molar-refractivity contribution >= 4 is 0 Å². The molecule has 0 bridgehead atoms. The highest BCUT2D eigenvalue weighted by molar-refractivity contribution is 5.31. The molecule has 1 aliphatic rings. The summed E-state index contributed by atoms with van der Waals surface area (Å²) < 4.78 is 0. The van der Waals surface area contributed by atoms with Crippen molar-refractivity contribution in [3.63, 3.8) is 0 Å². The lowest BCUT2D eigenvalue weighted by Crippen LogP contribution is -2.37. The van der Waals surface area contributed by atoms with Crippen LogP contribution in [0.15, 0.2) is 18.2 Å². The smallest absolute Gasteiger partial charge is 0.0447 e. The van der Waals surface area contributed by atoms with E-state index in [1.807, 2.05) is 0 Å². The fraction of sp³-hybridized carbons (Fsp3) is 0.667. The van der Waals surface area contributed by atoms with Gasteiger partial charge in [-0.15, -0.1) is 0 Å². The van der Waals surface area contributed by atoms with Gasteiger partial charge in [-0.2, -0.15) is 0 Å². The first-order valence-corrected chi connectivity index (χ1v) is 7.99. The normalized spacial score (nSPS) is 16.9. The zero-order chi connectivity index (χ0) is 14.7. The van der Waals surface area contributed by atoms with E-state index in [-0.39, 0.29) is 0 Å². The predicted octanol–water partition coefficient (Wildman–Crippen LogP) is 3.68. The summed E-state index contributed by atoms with van der Waals surface area (Å²) in [6.07, 6.45) is 2.77. The van der Waals surface area contributed by atoms with Gasteiger partial charge in [0.25, 0.3) is 0 Å². The van der Waals surface area contributed by atoms with Gasteiger partial charge in [-0.1, -0.05) is 43.2 Å². The average Bonchev–Trinajstić information content (AvgIpc) is 3.16. The van der Waals surface area contributed by atoms with Crippen molar-refractivity contribution in [2.24, 2.45) is 5.92 Å². The lowest BCUT2D eigenvalue weighted by atomic mass is 10.0.